The van der Waals surface area contributed by atoms with Gasteiger partial charge in [-0.05, 0) is 49.2 Å². The summed E-state index contributed by atoms with van der Waals surface area (Å²) in [6.07, 6.45) is 0. The number of hydrogen-bond donors (Lipinski definition) is 2. The zero-order valence-electron chi connectivity index (χ0n) is 16.3. The van der Waals surface area contributed by atoms with Crippen LogP contribution < -0.4 is 10.0 Å². The molecule has 0 saturated heterocycles. The molecular weight excluding hydrogens is 416 g/mol. The van der Waals surface area contributed by atoms with Crippen LogP contribution in [0.25, 0.3) is 0 Å². The van der Waals surface area contributed by atoms with Gasteiger partial charge in [0.2, 0.25) is 0 Å². The van der Waals surface area contributed by atoms with Crippen LogP contribution in [-0.2, 0) is 19.6 Å². The smallest absolute Gasteiger partial charge is 0.340 e. The predicted molar refractivity (Wildman–Crippen MR) is 111 cm³/mol. The number of sulfonamides is 1. The van der Waals surface area contributed by atoms with Crippen LogP contribution in [0.5, 0.6) is 0 Å². The molecule has 0 fully saturated rings. The molecule has 0 radical (unpaired) electrons. The first kappa shape index (κ1) is 22.7. The number of esters is 1. The van der Waals surface area contributed by atoms with Crippen LogP contribution in [-0.4, -0.2) is 32.9 Å². The number of carbonyl (C=O) groups is 2. The number of nitrogens with one attached hydrogen (secondary N) is 2. The van der Waals surface area contributed by atoms with Crippen molar-refractivity contribution in [3.8, 4) is 0 Å². The average molecular weight is 439 g/mol. The number of para-hydroxylation sites is 1. The van der Waals surface area contributed by atoms with Crippen molar-refractivity contribution < 1.29 is 22.7 Å². The van der Waals surface area contributed by atoms with Gasteiger partial charge in [0, 0.05) is 11.1 Å². The van der Waals surface area contributed by atoms with E-state index < -0.39 is 28.5 Å². The molecular formula is C20H23ClN2O5S. The standard InChI is InChI=1S/C20H23ClN2O5S/c1-13(2)14(3)22-19(24)12-28-20(25)17-6-4-5-7-18(17)23-29(26,27)16-10-8-15(21)9-11-16/h4-11,13-14,23H,12H2,1-3H3,(H,22,24). The summed E-state index contributed by atoms with van der Waals surface area (Å²) in [4.78, 5) is 24.3. The summed E-state index contributed by atoms with van der Waals surface area (Å²) < 4.78 is 32.5. The predicted octanol–water partition coefficient (Wildman–Crippen LogP) is 3.46. The van der Waals surface area contributed by atoms with E-state index in [9.17, 15) is 18.0 Å². The Bertz CT molecular complexity index is 975. The number of benzene rings is 2. The topological polar surface area (TPSA) is 102 Å². The summed E-state index contributed by atoms with van der Waals surface area (Å²) >= 11 is 5.79. The van der Waals surface area contributed by atoms with Gasteiger partial charge in [-0.2, -0.15) is 0 Å². The zero-order chi connectivity index (χ0) is 21.6. The molecule has 2 aromatic rings. The first-order valence-electron chi connectivity index (χ1n) is 8.94. The first-order chi connectivity index (χ1) is 13.6. The van der Waals surface area contributed by atoms with Crippen LogP contribution in [0.3, 0.4) is 0 Å². The SMILES string of the molecule is CC(C)C(C)NC(=O)COC(=O)c1ccccc1NS(=O)(=O)c1ccc(Cl)cc1. The zero-order valence-corrected chi connectivity index (χ0v) is 17.9. The van der Waals surface area contributed by atoms with Gasteiger partial charge < -0.3 is 10.1 Å². The number of amides is 1. The van der Waals surface area contributed by atoms with Gasteiger partial charge in [-0.25, -0.2) is 13.2 Å². The van der Waals surface area contributed by atoms with E-state index in [2.05, 4.69) is 10.0 Å². The Morgan fingerprint density at radius 3 is 2.28 bits per heavy atom. The molecule has 0 bridgehead atoms. The number of rotatable bonds is 8. The molecule has 0 heterocycles. The highest BCUT2D eigenvalue weighted by Gasteiger charge is 2.20. The maximum Gasteiger partial charge on any atom is 0.340 e. The minimum absolute atomic E-state index is 0.00486. The molecule has 29 heavy (non-hydrogen) atoms. The second kappa shape index (κ2) is 9.76. The third-order valence-corrected chi connectivity index (χ3v) is 5.87. The van der Waals surface area contributed by atoms with Crippen LogP contribution >= 0.6 is 11.6 Å². The molecule has 0 saturated carbocycles. The van der Waals surface area contributed by atoms with E-state index in [1.807, 2.05) is 20.8 Å². The fourth-order valence-corrected chi connectivity index (χ4v) is 3.44. The Kier molecular flexibility index (Phi) is 7.64. The van der Waals surface area contributed by atoms with Crippen molar-refractivity contribution in [2.24, 2.45) is 5.92 Å². The minimum Gasteiger partial charge on any atom is -0.452 e. The van der Waals surface area contributed by atoms with Crippen molar-refractivity contribution in [3.05, 3.63) is 59.1 Å². The lowest BCUT2D eigenvalue weighted by Crippen LogP contribution is -2.38. The van der Waals surface area contributed by atoms with Gasteiger partial charge in [0.15, 0.2) is 6.61 Å². The first-order valence-corrected chi connectivity index (χ1v) is 10.8. The van der Waals surface area contributed by atoms with Crippen LogP contribution in [0.4, 0.5) is 5.69 Å². The van der Waals surface area contributed by atoms with Gasteiger partial charge in [0.1, 0.15) is 0 Å². The Balaban J connectivity index is 2.10. The van der Waals surface area contributed by atoms with Gasteiger partial charge >= 0.3 is 5.97 Å². The summed E-state index contributed by atoms with van der Waals surface area (Å²) in [6.45, 7) is 5.30. The van der Waals surface area contributed by atoms with Crippen molar-refractivity contribution in [3.63, 3.8) is 0 Å². The lowest BCUT2D eigenvalue weighted by molar-refractivity contribution is -0.125. The van der Waals surface area contributed by atoms with Crippen LogP contribution in [0.2, 0.25) is 5.02 Å². The highest BCUT2D eigenvalue weighted by molar-refractivity contribution is 7.92. The van der Waals surface area contributed by atoms with Crippen molar-refractivity contribution in [1.82, 2.24) is 5.32 Å². The Morgan fingerprint density at radius 1 is 1.03 bits per heavy atom. The molecule has 7 nitrogen and oxygen atoms in total. The number of anilines is 1. The largest absolute Gasteiger partial charge is 0.452 e. The summed E-state index contributed by atoms with van der Waals surface area (Å²) in [5.74, 6) is -1.01. The van der Waals surface area contributed by atoms with Crippen LogP contribution in [0.15, 0.2) is 53.4 Å². The van der Waals surface area contributed by atoms with Crippen molar-refractivity contribution in [1.29, 1.82) is 0 Å². The monoisotopic (exact) mass is 438 g/mol. The fraction of sp³-hybridized carbons (Fsp3) is 0.300. The quantitative estimate of drug-likeness (QED) is 0.614. The molecule has 2 rings (SSSR count). The van der Waals surface area contributed by atoms with Gasteiger partial charge in [-0.1, -0.05) is 37.6 Å². The molecule has 156 valence electrons. The van der Waals surface area contributed by atoms with E-state index in [0.717, 1.165) is 0 Å². The molecule has 0 aromatic heterocycles. The van der Waals surface area contributed by atoms with E-state index >= 15 is 0 Å². The van der Waals surface area contributed by atoms with Crippen LogP contribution in [0, 0.1) is 5.92 Å². The highest BCUT2D eigenvalue weighted by Crippen LogP contribution is 2.22. The number of carbonyl (C=O) groups excluding carboxylic acids is 2. The summed E-state index contributed by atoms with van der Waals surface area (Å²) in [6, 6.07) is 11.5. The summed E-state index contributed by atoms with van der Waals surface area (Å²) in [5.41, 5.74) is 0.0400. The van der Waals surface area contributed by atoms with E-state index in [0.29, 0.717) is 5.02 Å². The molecule has 9 heteroatoms. The number of hydrogen-bond acceptors (Lipinski definition) is 5. The summed E-state index contributed by atoms with van der Waals surface area (Å²) in [7, 11) is -3.94. The van der Waals surface area contributed by atoms with Gasteiger partial charge in [0.25, 0.3) is 15.9 Å². The minimum atomic E-state index is -3.94. The molecule has 2 N–H and O–H groups in total. The van der Waals surface area contributed by atoms with E-state index in [4.69, 9.17) is 16.3 Å². The molecule has 0 aliphatic rings. The maximum absolute atomic E-state index is 12.6. The molecule has 2 aromatic carbocycles. The van der Waals surface area contributed by atoms with Crippen molar-refractivity contribution in [2.45, 2.75) is 31.7 Å². The average Bonchev–Trinajstić information content (AvgIpc) is 2.66. The maximum atomic E-state index is 12.6. The fourth-order valence-electron chi connectivity index (χ4n) is 2.24. The Hall–Kier alpha value is -2.58. The number of ether oxygens (including phenoxy) is 1. The molecule has 1 unspecified atom stereocenters. The van der Waals surface area contributed by atoms with Crippen molar-refractivity contribution >= 4 is 39.2 Å². The molecule has 0 aliphatic heterocycles. The van der Waals surface area contributed by atoms with Crippen LogP contribution in [0.1, 0.15) is 31.1 Å². The third-order valence-electron chi connectivity index (χ3n) is 4.24. The normalized spacial score (nSPS) is 12.3. The summed E-state index contributed by atoms with van der Waals surface area (Å²) in [5, 5.41) is 3.13. The molecule has 0 spiro atoms. The molecule has 1 amide bonds. The van der Waals surface area contributed by atoms with Crippen molar-refractivity contribution in [2.75, 3.05) is 11.3 Å². The van der Waals surface area contributed by atoms with E-state index in [1.165, 1.54) is 36.4 Å². The van der Waals surface area contributed by atoms with Gasteiger partial charge in [-0.3, -0.25) is 9.52 Å². The van der Waals surface area contributed by atoms with E-state index in [-0.39, 0.29) is 28.1 Å². The van der Waals surface area contributed by atoms with Gasteiger partial charge in [-0.15, -0.1) is 0 Å². The Morgan fingerprint density at radius 2 is 1.66 bits per heavy atom. The lowest BCUT2D eigenvalue weighted by Gasteiger charge is -2.17. The molecule has 0 aliphatic carbocycles. The highest BCUT2D eigenvalue weighted by atomic mass is 35.5. The second-order valence-corrected chi connectivity index (χ2v) is 8.90. The van der Waals surface area contributed by atoms with Gasteiger partial charge in [0.05, 0.1) is 16.1 Å². The molecule has 1 atom stereocenters. The lowest BCUT2D eigenvalue weighted by atomic mass is 10.1. The Labute approximate surface area is 175 Å². The van der Waals surface area contributed by atoms with E-state index in [1.54, 1.807) is 12.1 Å². The number of halogens is 1. The third kappa shape index (κ3) is 6.47. The second-order valence-electron chi connectivity index (χ2n) is 6.78.